The fraction of sp³-hybridized carbons (Fsp3) is 0.786. The van der Waals surface area contributed by atoms with Crippen LogP contribution in [0.15, 0.2) is 6.20 Å². The van der Waals surface area contributed by atoms with Gasteiger partial charge < -0.3 is 9.31 Å². The van der Waals surface area contributed by atoms with Crippen LogP contribution in [0.25, 0.3) is 0 Å². The minimum Gasteiger partial charge on any atom is -0.399 e. The molecule has 5 heteroatoms. The molecule has 3 heterocycles. The highest BCUT2D eigenvalue weighted by Gasteiger charge is 2.52. The Kier molecular flexibility index (Phi) is 3.02. The molecule has 0 unspecified atom stereocenters. The first kappa shape index (κ1) is 13.2. The zero-order valence-electron chi connectivity index (χ0n) is 12.4. The predicted molar refractivity (Wildman–Crippen MR) is 75.5 cm³/mol. The van der Waals surface area contributed by atoms with Crippen LogP contribution in [-0.2, 0) is 22.3 Å². The van der Waals surface area contributed by atoms with Crippen LogP contribution >= 0.6 is 0 Å². The second-order valence-corrected chi connectivity index (χ2v) is 6.67. The molecular formula is C14H23BN2O2. The highest BCUT2D eigenvalue weighted by Crippen LogP contribution is 2.36. The lowest BCUT2D eigenvalue weighted by Crippen LogP contribution is -2.41. The van der Waals surface area contributed by atoms with Crippen molar-refractivity contribution in [1.29, 1.82) is 0 Å². The zero-order chi connectivity index (χ0) is 13.7. The summed E-state index contributed by atoms with van der Waals surface area (Å²) in [5, 5.41) is 4.51. The molecule has 0 N–H and O–H groups in total. The standard InChI is InChI=1S/C14H23BN2O2/c1-13(2)14(3,4)19-15(18-13)11-10-16-17-9-7-5-6-8-12(11)17/h10H,5-9H2,1-4H3. The van der Waals surface area contributed by atoms with E-state index in [4.69, 9.17) is 9.31 Å². The van der Waals surface area contributed by atoms with Gasteiger partial charge in [0.15, 0.2) is 0 Å². The molecule has 0 saturated carbocycles. The average molecular weight is 262 g/mol. The average Bonchev–Trinajstić information content (AvgIpc) is 2.68. The van der Waals surface area contributed by atoms with Gasteiger partial charge in [-0.3, -0.25) is 4.68 Å². The number of nitrogens with zero attached hydrogens (tertiary/aromatic N) is 2. The van der Waals surface area contributed by atoms with E-state index in [9.17, 15) is 0 Å². The molecule has 0 aromatic carbocycles. The smallest absolute Gasteiger partial charge is 0.399 e. The first-order valence-electron chi connectivity index (χ1n) is 7.31. The molecule has 0 spiro atoms. The number of aryl methyl sites for hydroxylation is 1. The Labute approximate surface area is 115 Å². The van der Waals surface area contributed by atoms with Gasteiger partial charge in [-0.1, -0.05) is 6.42 Å². The fourth-order valence-electron chi connectivity index (χ4n) is 2.79. The molecule has 0 bridgehead atoms. The minimum absolute atomic E-state index is 0.271. The van der Waals surface area contributed by atoms with E-state index in [1.807, 2.05) is 6.20 Å². The van der Waals surface area contributed by atoms with E-state index in [0.29, 0.717) is 0 Å². The highest BCUT2D eigenvalue weighted by molar-refractivity contribution is 6.62. The van der Waals surface area contributed by atoms with E-state index in [-0.39, 0.29) is 18.3 Å². The van der Waals surface area contributed by atoms with Gasteiger partial charge in [0.05, 0.1) is 11.2 Å². The van der Waals surface area contributed by atoms with Crippen LogP contribution in [-0.4, -0.2) is 28.1 Å². The molecule has 1 saturated heterocycles. The summed E-state index contributed by atoms with van der Waals surface area (Å²) in [6, 6.07) is 0. The molecule has 0 amide bonds. The Balaban J connectivity index is 1.90. The van der Waals surface area contributed by atoms with Crippen molar-refractivity contribution in [2.75, 3.05) is 0 Å². The number of hydrogen-bond donors (Lipinski definition) is 0. The van der Waals surface area contributed by atoms with E-state index in [1.54, 1.807) is 0 Å². The molecule has 0 aliphatic carbocycles. The Hall–Kier alpha value is -0.805. The van der Waals surface area contributed by atoms with Crippen molar-refractivity contribution in [3.05, 3.63) is 11.9 Å². The van der Waals surface area contributed by atoms with Crippen LogP contribution in [0.4, 0.5) is 0 Å². The molecule has 1 aromatic heterocycles. The van der Waals surface area contributed by atoms with Gasteiger partial charge in [-0.2, -0.15) is 5.10 Å². The number of hydrogen-bond acceptors (Lipinski definition) is 3. The number of rotatable bonds is 1. The number of fused-ring (bicyclic) bond motifs is 1. The third-order valence-corrected chi connectivity index (χ3v) is 4.77. The molecule has 4 nitrogen and oxygen atoms in total. The highest BCUT2D eigenvalue weighted by atomic mass is 16.7. The van der Waals surface area contributed by atoms with Crippen molar-refractivity contribution >= 4 is 12.6 Å². The summed E-state index contributed by atoms with van der Waals surface area (Å²) >= 11 is 0. The van der Waals surface area contributed by atoms with Gasteiger partial charge in [-0.15, -0.1) is 0 Å². The van der Waals surface area contributed by atoms with Gasteiger partial charge in [0, 0.05) is 23.9 Å². The molecule has 0 atom stereocenters. The first-order valence-corrected chi connectivity index (χ1v) is 7.31. The van der Waals surface area contributed by atoms with Crippen molar-refractivity contribution in [3.63, 3.8) is 0 Å². The maximum atomic E-state index is 6.14. The quantitative estimate of drug-likeness (QED) is 0.725. The summed E-state index contributed by atoms with van der Waals surface area (Å²) in [6.45, 7) is 9.39. The predicted octanol–water partition coefficient (Wildman–Crippen LogP) is 1.91. The molecule has 1 fully saturated rings. The maximum absolute atomic E-state index is 6.14. The van der Waals surface area contributed by atoms with Crippen molar-refractivity contribution in [2.24, 2.45) is 0 Å². The van der Waals surface area contributed by atoms with Gasteiger partial charge in [0.25, 0.3) is 0 Å². The molecular weight excluding hydrogens is 239 g/mol. The van der Waals surface area contributed by atoms with E-state index in [2.05, 4.69) is 37.5 Å². The van der Waals surface area contributed by atoms with Gasteiger partial charge in [-0.05, 0) is 47.0 Å². The molecule has 2 aliphatic heterocycles. The van der Waals surface area contributed by atoms with Crippen LogP contribution in [0, 0.1) is 0 Å². The molecule has 104 valence electrons. The van der Waals surface area contributed by atoms with Gasteiger partial charge in [0.1, 0.15) is 0 Å². The lowest BCUT2D eigenvalue weighted by Gasteiger charge is -2.32. The Morgan fingerprint density at radius 1 is 1.11 bits per heavy atom. The largest absolute Gasteiger partial charge is 0.498 e. The summed E-state index contributed by atoms with van der Waals surface area (Å²) in [6.07, 6.45) is 6.75. The van der Waals surface area contributed by atoms with Crippen LogP contribution < -0.4 is 5.46 Å². The van der Waals surface area contributed by atoms with E-state index in [1.165, 1.54) is 25.0 Å². The Morgan fingerprint density at radius 3 is 2.47 bits per heavy atom. The van der Waals surface area contributed by atoms with Crippen molar-refractivity contribution < 1.29 is 9.31 Å². The third kappa shape index (κ3) is 2.13. The SMILES string of the molecule is CC1(C)OB(c2cnn3c2CCCCC3)OC1(C)C. The molecule has 19 heavy (non-hydrogen) atoms. The third-order valence-electron chi connectivity index (χ3n) is 4.77. The normalized spacial score (nSPS) is 25.2. The van der Waals surface area contributed by atoms with Crippen molar-refractivity contribution in [2.45, 2.75) is 71.1 Å². The van der Waals surface area contributed by atoms with Crippen LogP contribution in [0.5, 0.6) is 0 Å². The van der Waals surface area contributed by atoms with Crippen molar-refractivity contribution in [1.82, 2.24) is 9.78 Å². The summed E-state index contributed by atoms with van der Waals surface area (Å²) in [5.41, 5.74) is 1.87. The van der Waals surface area contributed by atoms with Gasteiger partial charge in [0.2, 0.25) is 0 Å². The fourth-order valence-corrected chi connectivity index (χ4v) is 2.79. The zero-order valence-corrected chi connectivity index (χ0v) is 12.4. The van der Waals surface area contributed by atoms with Crippen molar-refractivity contribution in [3.8, 4) is 0 Å². The Bertz CT molecular complexity index is 466. The van der Waals surface area contributed by atoms with Crippen LogP contribution in [0.2, 0.25) is 0 Å². The monoisotopic (exact) mass is 262 g/mol. The molecule has 3 rings (SSSR count). The second kappa shape index (κ2) is 4.35. The maximum Gasteiger partial charge on any atom is 0.498 e. The summed E-state index contributed by atoms with van der Waals surface area (Å²) in [7, 11) is -0.271. The summed E-state index contributed by atoms with van der Waals surface area (Å²) in [5.74, 6) is 0. The second-order valence-electron chi connectivity index (χ2n) is 6.67. The molecule has 2 aliphatic rings. The van der Waals surface area contributed by atoms with Gasteiger partial charge >= 0.3 is 7.12 Å². The topological polar surface area (TPSA) is 36.3 Å². The summed E-state index contributed by atoms with van der Waals surface area (Å²) in [4.78, 5) is 0. The first-order chi connectivity index (χ1) is 8.91. The van der Waals surface area contributed by atoms with Crippen LogP contribution in [0.1, 0.15) is 52.7 Å². The Morgan fingerprint density at radius 2 is 1.79 bits per heavy atom. The van der Waals surface area contributed by atoms with E-state index >= 15 is 0 Å². The molecule has 1 aromatic rings. The lowest BCUT2D eigenvalue weighted by molar-refractivity contribution is 0.00578. The minimum atomic E-state index is -0.281. The lowest BCUT2D eigenvalue weighted by atomic mass is 9.78. The van der Waals surface area contributed by atoms with E-state index < -0.39 is 0 Å². The van der Waals surface area contributed by atoms with Crippen LogP contribution in [0.3, 0.4) is 0 Å². The van der Waals surface area contributed by atoms with E-state index in [0.717, 1.165) is 18.4 Å². The van der Waals surface area contributed by atoms with Gasteiger partial charge in [-0.25, -0.2) is 0 Å². The molecule has 0 radical (unpaired) electrons. The number of aromatic nitrogens is 2. The summed E-state index contributed by atoms with van der Waals surface area (Å²) < 4.78 is 14.4.